The molecule has 0 spiro atoms. The van der Waals surface area contributed by atoms with Crippen LogP contribution >= 0.6 is 0 Å². The molecule has 25 heavy (non-hydrogen) atoms. The van der Waals surface area contributed by atoms with Crippen molar-refractivity contribution in [3.05, 3.63) is 30.5 Å². The molecule has 0 bridgehead atoms. The van der Waals surface area contributed by atoms with Crippen LogP contribution in [0.2, 0.25) is 0 Å². The molecule has 0 amide bonds. The lowest BCUT2D eigenvalue weighted by Crippen LogP contribution is -2.37. The van der Waals surface area contributed by atoms with Crippen LogP contribution in [0.5, 0.6) is 5.75 Å². The van der Waals surface area contributed by atoms with Gasteiger partial charge in [0.1, 0.15) is 17.1 Å². The third-order valence-corrected chi connectivity index (χ3v) is 5.07. The fraction of sp³-hybridized carbons (Fsp3) is 0.421. The van der Waals surface area contributed by atoms with E-state index in [9.17, 15) is 0 Å². The van der Waals surface area contributed by atoms with Gasteiger partial charge in [0, 0.05) is 18.7 Å². The van der Waals surface area contributed by atoms with Crippen LogP contribution in [0, 0.1) is 5.41 Å². The number of anilines is 1. The van der Waals surface area contributed by atoms with Gasteiger partial charge in [-0.2, -0.15) is 5.10 Å². The molecule has 6 nitrogen and oxygen atoms in total. The lowest BCUT2D eigenvalue weighted by molar-refractivity contribution is 0.279. The van der Waals surface area contributed by atoms with E-state index >= 15 is 0 Å². The van der Waals surface area contributed by atoms with Gasteiger partial charge in [-0.05, 0) is 42.5 Å². The van der Waals surface area contributed by atoms with Crippen LogP contribution in [-0.2, 0) is 0 Å². The number of ether oxygens (including phenoxy) is 1. The first kappa shape index (κ1) is 15.9. The topological polar surface area (TPSA) is 66.9 Å². The molecular formula is C19H23N5O. The zero-order valence-electron chi connectivity index (χ0n) is 14.9. The molecule has 130 valence electrons. The van der Waals surface area contributed by atoms with Crippen LogP contribution in [0.1, 0.15) is 26.7 Å². The smallest absolute Gasteiger partial charge is 0.202 e. The van der Waals surface area contributed by atoms with Gasteiger partial charge in [0.05, 0.1) is 19.0 Å². The van der Waals surface area contributed by atoms with E-state index in [4.69, 9.17) is 9.72 Å². The van der Waals surface area contributed by atoms with Gasteiger partial charge in [-0.1, -0.05) is 13.8 Å². The number of hydrogen-bond acceptors (Lipinski definition) is 5. The predicted molar refractivity (Wildman–Crippen MR) is 98.9 cm³/mol. The highest BCUT2D eigenvalue weighted by Gasteiger charge is 2.26. The fourth-order valence-electron chi connectivity index (χ4n) is 3.24. The van der Waals surface area contributed by atoms with Crippen molar-refractivity contribution in [1.82, 2.24) is 20.2 Å². The summed E-state index contributed by atoms with van der Waals surface area (Å²) in [6.45, 7) is 6.69. The van der Waals surface area contributed by atoms with Gasteiger partial charge in [0.2, 0.25) is 5.65 Å². The molecule has 0 saturated carbocycles. The fourth-order valence-corrected chi connectivity index (χ4v) is 3.24. The normalized spacial score (nSPS) is 17.0. The van der Waals surface area contributed by atoms with Crippen molar-refractivity contribution >= 4 is 17.0 Å². The van der Waals surface area contributed by atoms with Crippen molar-refractivity contribution in [2.24, 2.45) is 5.41 Å². The molecule has 0 atom stereocenters. The number of fused-ring (bicyclic) bond motifs is 1. The van der Waals surface area contributed by atoms with Crippen LogP contribution in [0.3, 0.4) is 0 Å². The molecular weight excluding hydrogens is 314 g/mol. The minimum Gasteiger partial charge on any atom is -0.497 e. The van der Waals surface area contributed by atoms with Crippen molar-refractivity contribution in [1.29, 1.82) is 0 Å². The van der Waals surface area contributed by atoms with Gasteiger partial charge in [-0.3, -0.25) is 5.10 Å². The van der Waals surface area contributed by atoms with E-state index in [0.29, 0.717) is 11.1 Å². The molecule has 1 aliphatic heterocycles. The standard InChI is InChI=1S/C19H23N5O/c1-19(2)8-10-24(11-9-19)15-12-20-17-16(22-23-18(17)21-15)13-4-6-14(25-3)7-5-13/h4-7,12H,8-11H2,1-3H3,(H,21,22,23). The Bertz CT molecular complexity index is 874. The van der Waals surface area contributed by atoms with Crippen LogP contribution in [0.15, 0.2) is 30.5 Å². The zero-order valence-corrected chi connectivity index (χ0v) is 14.9. The maximum absolute atomic E-state index is 5.21. The minimum atomic E-state index is 0.419. The van der Waals surface area contributed by atoms with Crippen molar-refractivity contribution in [2.75, 3.05) is 25.1 Å². The maximum Gasteiger partial charge on any atom is 0.202 e. The number of hydrogen-bond donors (Lipinski definition) is 1. The van der Waals surface area contributed by atoms with E-state index in [1.54, 1.807) is 7.11 Å². The summed E-state index contributed by atoms with van der Waals surface area (Å²) in [5.74, 6) is 1.74. The molecule has 1 fully saturated rings. The second-order valence-corrected chi connectivity index (χ2v) is 7.38. The van der Waals surface area contributed by atoms with Crippen molar-refractivity contribution in [3.8, 4) is 17.0 Å². The quantitative estimate of drug-likeness (QED) is 0.790. The number of benzene rings is 1. The highest BCUT2D eigenvalue weighted by Crippen LogP contribution is 2.32. The third-order valence-electron chi connectivity index (χ3n) is 5.07. The average molecular weight is 337 g/mol. The summed E-state index contributed by atoms with van der Waals surface area (Å²) in [5.41, 5.74) is 3.78. The first-order valence-electron chi connectivity index (χ1n) is 8.66. The summed E-state index contributed by atoms with van der Waals surface area (Å²) in [7, 11) is 1.66. The summed E-state index contributed by atoms with van der Waals surface area (Å²) in [4.78, 5) is 11.7. The van der Waals surface area contributed by atoms with E-state index in [0.717, 1.165) is 41.4 Å². The van der Waals surface area contributed by atoms with Crippen LogP contribution in [0.25, 0.3) is 22.4 Å². The van der Waals surface area contributed by atoms with E-state index in [1.807, 2.05) is 30.5 Å². The third kappa shape index (κ3) is 3.04. The number of rotatable bonds is 3. The van der Waals surface area contributed by atoms with Gasteiger partial charge in [0.15, 0.2) is 0 Å². The molecule has 0 radical (unpaired) electrons. The Labute approximate surface area is 147 Å². The van der Waals surface area contributed by atoms with Crippen molar-refractivity contribution in [2.45, 2.75) is 26.7 Å². The van der Waals surface area contributed by atoms with Gasteiger partial charge in [-0.25, -0.2) is 9.97 Å². The molecule has 3 heterocycles. The zero-order chi connectivity index (χ0) is 17.4. The Morgan fingerprint density at radius 3 is 2.52 bits per heavy atom. The Balaban J connectivity index is 1.62. The molecule has 1 aliphatic rings. The number of aromatic nitrogens is 4. The van der Waals surface area contributed by atoms with Gasteiger partial charge >= 0.3 is 0 Å². The summed E-state index contributed by atoms with van der Waals surface area (Å²) in [6.07, 6.45) is 4.21. The van der Waals surface area contributed by atoms with Crippen LogP contribution in [-0.4, -0.2) is 40.4 Å². The molecule has 0 aliphatic carbocycles. The lowest BCUT2D eigenvalue weighted by Gasteiger charge is -2.37. The monoisotopic (exact) mass is 337 g/mol. The molecule has 1 N–H and O–H groups in total. The van der Waals surface area contributed by atoms with Crippen molar-refractivity contribution < 1.29 is 4.74 Å². The summed E-state index contributed by atoms with van der Waals surface area (Å²) in [5, 5.41) is 7.44. The molecule has 3 aromatic rings. The molecule has 4 rings (SSSR count). The SMILES string of the molecule is COc1ccc(-c2[nH]nc3nc(N4CCC(C)(C)CC4)cnc23)cc1. The number of piperidine rings is 1. The summed E-state index contributed by atoms with van der Waals surface area (Å²) in [6, 6.07) is 7.85. The average Bonchev–Trinajstić information content (AvgIpc) is 3.05. The molecule has 1 aromatic carbocycles. The summed E-state index contributed by atoms with van der Waals surface area (Å²) >= 11 is 0. The Morgan fingerprint density at radius 1 is 1.12 bits per heavy atom. The second-order valence-electron chi connectivity index (χ2n) is 7.38. The van der Waals surface area contributed by atoms with Gasteiger partial charge < -0.3 is 9.64 Å². The Morgan fingerprint density at radius 2 is 1.84 bits per heavy atom. The second kappa shape index (κ2) is 6.02. The molecule has 1 saturated heterocycles. The number of nitrogens with zero attached hydrogens (tertiary/aromatic N) is 4. The van der Waals surface area contributed by atoms with Crippen molar-refractivity contribution in [3.63, 3.8) is 0 Å². The Hall–Kier alpha value is -2.63. The predicted octanol–water partition coefficient (Wildman–Crippen LogP) is 3.65. The largest absolute Gasteiger partial charge is 0.497 e. The first-order valence-corrected chi connectivity index (χ1v) is 8.66. The van der Waals surface area contributed by atoms with Crippen LogP contribution < -0.4 is 9.64 Å². The van der Waals surface area contributed by atoms with E-state index in [-0.39, 0.29) is 0 Å². The molecule has 6 heteroatoms. The Kier molecular flexibility index (Phi) is 3.82. The highest BCUT2D eigenvalue weighted by atomic mass is 16.5. The van der Waals surface area contributed by atoms with Gasteiger partial charge in [-0.15, -0.1) is 0 Å². The van der Waals surface area contributed by atoms with Crippen LogP contribution in [0.4, 0.5) is 5.82 Å². The minimum absolute atomic E-state index is 0.419. The lowest BCUT2D eigenvalue weighted by atomic mass is 9.83. The van der Waals surface area contributed by atoms with E-state index in [2.05, 4.69) is 33.9 Å². The maximum atomic E-state index is 5.21. The number of H-pyrrole nitrogens is 1. The summed E-state index contributed by atoms with van der Waals surface area (Å²) < 4.78 is 5.21. The number of nitrogens with one attached hydrogen (secondary N) is 1. The molecule has 0 unspecified atom stereocenters. The number of methoxy groups -OCH3 is 1. The van der Waals surface area contributed by atoms with E-state index in [1.165, 1.54) is 12.8 Å². The van der Waals surface area contributed by atoms with Gasteiger partial charge in [0.25, 0.3) is 0 Å². The first-order chi connectivity index (χ1) is 12.1. The molecule has 2 aromatic heterocycles. The number of aromatic amines is 1. The highest BCUT2D eigenvalue weighted by molar-refractivity contribution is 5.87. The van der Waals surface area contributed by atoms with E-state index < -0.39 is 0 Å².